The maximum Gasteiger partial charge on any atom is 0.192 e. The molecule has 2 aromatic rings. The number of hydrogen-bond donors (Lipinski definition) is 1. The number of nitrogens with zero attached hydrogens (tertiary/aromatic N) is 2. The molecule has 0 unspecified atom stereocenters. The first-order valence-corrected chi connectivity index (χ1v) is 5.99. The lowest BCUT2D eigenvalue weighted by atomic mass is 10.1. The number of aryl methyl sites for hydroxylation is 1. The number of aromatic nitrogens is 1. The molecule has 1 aromatic carbocycles. The normalized spacial score (nSPS) is 16.6. The standard InChI is InChI=1S/C13H17N3O/c1-9-15-12-4-3-10(5-13(12)17-9)8-16(2)11-6-14-7-11/h3-5,11,14H,6-8H2,1-2H3. The summed E-state index contributed by atoms with van der Waals surface area (Å²) < 4.78 is 5.55. The second-order valence-electron chi connectivity index (χ2n) is 4.76. The summed E-state index contributed by atoms with van der Waals surface area (Å²) in [5.41, 5.74) is 3.11. The second-order valence-corrected chi connectivity index (χ2v) is 4.76. The van der Waals surface area contributed by atoms with Gasteiger partial charge in [0.05, 0.1) is 0 Å². The first-order valence-electron chi connectivity index (χ1n) is 5.99. The van der Waals surface area contributed by atoms with E-state index >= 15 is 0 Å². The molecule has 1 aliphatic rings. The van der Waals surface area contributed by atoms with Gasteiger partial charge in [0, 0.05) is 32.6 Å². The Morgan fingerprint density at radius 3 is 3.00 bits per heavy atom. The van der Waals surface area contributed by atoms with Crippen molar-refractivity contribution in [3.8, 4) is 0 Å². The van der Waals surface area contributed by atoms with Crippen LogP contribution in [0.1, 0.15) is 11.5 Å². The molecule has 17 heavy (non-hydrogen) atoms. The van der Waals surface area contributed by atoms with E-state index in [0.717, 1.165) is 36.6 Å². The van der Waals surface area contributed by atoms with E-state index in [-0.39, 0.29) is 0 Å². The molecule has 0 saturated carbocycles. The molecule has 1 aliphatic heterocycles. The third-order valence-corrected chi connectivity index (χ3v) is 3.38. The fourth-order valence-electron chi connectivity index (χ4n) is 2.18. The van der Waals surface area contributed by atoms with E-state index in [4.69, 9.17) is 4.42 Å². The van der Waals surface area contributed by atoms with Crippen LogP contribution in [-0.2, 0) is 6.54 Å². The molecule has 1 saturated heterocycles. The van der Waals surface area contributed by atoms with Crippen molar-refractivity contribution in [3.63, 3.8) is 0 Å². The summed E-state index contributed by atoms with van der Waals surface area (Å²) in [5, 5.41) is 3.29. The molecule has 4 heteroatoms. The first-order chi connectivity index (χ1) is 8.22. The van der Waals surface area contributed by atoms with E-state index in [0.29, 0.717) is 6.04 Å². The van der Waals surface area contributed by atoms with Crippen LogP contribution in [0.3, 0.4) is 0 Å². The molecule has 90 valence electrons. The lowest BCUT2D eigenvalue weighted by Gasteiger charge is -2.35. The van der Waals surface area contributed by atoms with Crippen molar-refractivity contribution < 1.29 is 4.42 Å². The van der Waals surface area contributed by atoms with Crippen LogP contribution in [0.25, 0.3) is 11.1 Å². The molecule has 3 rings (SSSR count). The summed E-state index contributed by atoms with van der Waals surface area (Å²) in [6.07, 6.45) is 0. The highest BCUT2D eigenvalue weighted by molar-refractivity contribution is 5.73. The van der Waals surface area contributed by atoms with Gasteiger partial charge in [0.2, 0.25) is 0 Å². The van der Waals surface area contributed by atoms with E-state index in [1.807, 2.05) is 13.0 Å². The Morgan fingerprint density at radius 2 is 2.29 bits per heavy atom. The summed E-state index contributed by atoms with van der Waals surface area (Å²) in [4.78, 5) is 6.68. The average molecular weight is 231 g/mol. The van der Waals surface area contributed by atoms with E-state index in [1.165, 1.54) is 5.56 Å². The Bertz CT molecular complexity index is 530. The molecule has 0 radical (unpaired) electrons. The fourth-order valence-corrected chi connectivity index (χ4v) is 2.18. The molecule has 0 spiro atoms. The van der Waals surface area contributed by atoms with Gasteiger partial charge in [0.15, 0.2) is 11.5 Å². The van der Waals surface area contributed by atoms with Crippen LogP contribution >= 0.6 is 0 Å². The third kappa shape index (κ3) is 2.06. The van der Waals surface area contributed by atoms with Gasteiger partial charge in [-0.15, -0.1) is 0 Å². The summed E-state index contributed by atoms with van der Waals surface area (Å²) in [6, 6.07) is 6.93. The van der Waals surface area contributed by atoms with Crippen molar-refractivity contribution in [3.05, 3.63) is 29.7 Å². The van der Waals surface area contributed by atoms with Gasteiger partial charge in [-0.1, -0.05) is 6.07 Å². The van der Waals surface area contributed by atoms with Crippen molar-refractivity contribution in [2.45, 2.75) is 19.5 Å². The Hall–Kier alpha value is -1.39. The predicted molar refractivity (Wildman–Crippen MR) is 66.9 cm³/mol. The smallest absolute Gasteiger partial charge is 0.192 e. The zero-order chi connectivity index (χ0) is 11.8. The molecular weight excluding hydrogens is 214 g/mol. The van der Waals surface area contributed by atoms with Crippen molar-refractivity contribution in [1.29, 1.82) is 0 Å². The van der Waals surface area contributed by atoms with E-state index < -0.39 is 0 Å². The number of oxazole rings is 1. The molecular formula is C13H17N3O. The van der Waals surface area contributed by atoms with Gasteiger partial charge in [-0.05, 0) is 24.7 Å². The van der Waals surface area contributed by atoms with Crippen LogP contribution in [0.2, 0.25) is 0 Å². The highest BCUT2D eigenvalue weighted by Crippen LogP contribution is 2.18. The van der Waals surface area contributed by atoms with Crippen molar-refractivity contribution in [2.24, 2.45) is 0 Å². The minimum absolute atomic E-state index is 0.669. The van der Waals surface area contributed by atoms with E-state index in [2.05, 4.69) is 34.4 Å². The van der Waals surface area contributed by atoms with Gasteiger partial charge in [-0.25, -0.2) is 4.98 Å². The highest BCUT2D eigenvalue weighted by atomic mass is 16.3. The Morgan fingerprint density at radius 1 is 1.47 bits per heavy atom. The minimum atomic E-state index is 0.669. The Labute approximate surface area is 101 Å². The van der Waals surface area contributed by atoms with Crippen LogP contribution in [0.4, 0.5) is 0 Å². The molecule has 0 bridgehead atoms. The summed E-state index contributed by atoms with van der Waals surface area (Å²) in [5.74, 6) is 0.730. The molecule has 1 aromatic heterocycles. The predicted octanol–water partition coefficient (Wildman–Crippen LogP) is 1.54. The quantitative estimate of drug-likeness (QED) is 0.870. The molecule has 1 N–H and O–H groups in total. The maximum atomic E-state index is 5.55. The molecule has 0 aliphatic carbocycles. The number of hydrogen-bond acceptors (Lipinski definition) is 4. The average Bonchev–Trinajstić information content (AvgIpc) is 2.54. The van der Waals surface area contributed by atoms with Gasteiger partial charge in [-0.3, -0.25) is 4.90 Å². The van der Waals surface area contributed by atoms with E-state index in [1.54, 1.807) is 0 Å². The minimum Gasteiger partial charge on any atom is -0.441 e. The Balaban J connectivity index is 1.79. The zero-order valence-electron chi connectivity index (χ0n) is 10.2. The lowest BCUT2D eigenvalue weighted by molar-refractivity contribution is 0.173. The second kappa shape index (κ2) is 4.13. The largest absolute Gasteiger partial charge is 0.441 e. The summed E-state index contributed by atoms with van der Waals surface area (Å²) in [7, 11) is 2.17. The highest BCUT2D eigenvalue weighted by Gasteiger charge is 2.21. The van der Waals surface area contributed by atoms with Gasteiger partial charge < -0.3 is 9.73 Å². The van der Waals surface area contributed by atoms with Crippen LogP contribution in [0.5, 0.6) is 0 Å². The SMILES string of the molecule is Cc1nc2ccc(CN(C)C3CNC3)cc2o1. The van der Waals surface area contributed by atoms with Crippen molar-refractivity contribution in [1.82, 2.24) is 15.2 Å². The summed E-state index contributed by atoms with van der Waals surface area (Å²) >= 11 is 0. The number of rotatable bonds is 3. The van der Waals surface area contributed by atoms with Gasteiger partial charge in [-0.2, -0.15) is 0 Å². The van der Waals surface area contributed by atoms with Gasteiger partial charge >= 0.3 is 0 Å². The molecule has 2 heterocycles. The third-order valence-electron chi connectivity index (χ3n) is 3.38. The topological polar surface area (TPSA) is 41.3 Å². The van der Waals surface area contributed by atoms with Crippen LogP contribution < -0.4 is 5.32 Å². The first kappa shape index (κ1) is 10.7. The van der Waals surface area contributed by atoms with Gasteiger partial charge in [0.25, 0.3) is 0 Å². The maximum absolute atomic E-state index is 5.55. The fraction of sp³-hybridized carbons (Fsp3) is 0.462. The van der Waals surface area contributed by atoms with Crippen LogP contribution in [-0.4, -0.2) is 36.1 Å². The number of benzene rings is 1. The molecule has 4 nitrogen and oxygen atoms in total. The number of nitrogens with one attached hydrogen (secondary N) is 1. The summed E-state index contributed by atoms with van der Waals surface area (Å²) in [6.45, 7) is 5.04. The van der Waals surface area contributed by atoms with Crippen molar-refractivity contribution >= 4 is 11.1 Å². The molecule has 0 amide bonds. The lowest BCUT2D eigenvalue weighted by Crippen LogP contribution is -2.55. The Kier molecular flexibility index (Phi) is 2.61. The number of fused-ring (bicyclic) bond motifs is 1. The van der Waals surface area contributed by atoms with E-state index in [9.17, 15) is 0 Å². The molecule has 1 fully saturated rings. The van der Waals surface area contributed by atoms with Crippen LogP contribution in [0.15, 0.2) is 22.6 Å². The molecule has 0 atom stereocenters. The zero-order valence-corrected chi connectivity index (χ0v) is 10.2. The van der Waals surface area contributed by atoms with Crippen LogP contribution in [0, 0.1) is 6.92 Å². The van der Waals surface area contributed by atoms with Crippen molar-refractivity contribution in [2.75, 3.05) is 20.1 Å². The monoisotopic (exact) mass is 231 g/mol. The van der Waals surface area contributed by atoms with Gasteiger partial charge in [0.1, 0.15) is 5.52 Å². The number of likely N-dealkylation sites (N-methyl/N-ethyl adjacent to an activating group) is 1.